The molecule has 0 radical (unpaired) electrons. The third-order valence-electron chi connectivity index (χ3n) is 6.75. The van der Waals surface area contributed by atoms with Crippen LogP contribution in [0.1, 0.15) is 24.5 Å². The largest absolute Gasteiger partial charge is 0.505 e. The lowest BCUT2D eigenvalue weighted by Crippen LogP contribution is -2.49. The molecule has 2 aromatic carbocycles. The van der Waals surface area contributed by atoms with Gasteiger partial charge in [0.2, 0.25) is 0 Å². The van der Waals surface area contributed by atoms with E-state index in [1.54, 1.807) is 6.07 Å². The maximum atomic E-state index is 12.6. The Morgan fingerprint density at radius 1 is 1.06 bits per heavy atom. The Kier molecular flexibility index (Phi) is 6.39. The van der Waals surface area contributed by atoms with Crippen LogP contribution in [0.5, 0.6) is 5.75 Å². The fourth-order valence-electron chi connectivity index (χ4n) is 4.43. The zero-order chi connectivity index (χ0) is 24.7. The van der Waals surface area contributed by atoms with Gasteiger partial charge in [-0.1, -0.05) is 13.0 Å². The second-order valence-electron chi connectivity index (χ2n) is 9.68. The van der Waals surface area contributed by atoms with Crippen molar-refractivity contribution in [1.82, 2.24) is 9.21 Å². The quantitative estimate of drug-likeness (QED) is 0.244. The third-order valence-corrected chi connectivity index (χ3v) is 7.90. The molecule has 2 aliphatic rings. The lowest BCUT2D eigenvalue weighted by Gasteiger charge is -2.44. The molecule has 3 aromatic rings. The van der Waals surface area contributed by atoms with Crippen LogP contribution in [0.3, 0.4) is 0 Å². The summed E-state index contributed by atoms with van der Waals surface area (Å²) in [4.78, 5) is 28.0. The summed E-state index contributed by atoms with van der Waals surface area (Å²) < 4.78 is 13.5. The predicted molar refractivity (Wildman–Crippen MR) is 136 cm³/mol. The summed E-state index contributed by atoms with van der Waals surface area (Å²) in [6.07, 6.45) is 0. The SMILES string of the molecule is Cc1ccc(C(Nc2c(Nc3cccc(SN4CCN(C)CC4)c3O)c(=O)c2=O)C2(C)COC2)o1. The molecule has 0 spiro atoms. The molecule has 1 atom stereocenters. The highest BCUT2D eigenvalue weighted by atomic mass is 32.2. The number of aryl methyl sites for hydroxylation is 1. The zero-order valence-electron chi connectivity index (χ0n) is 20.1. The van der Waals surface area contributed by atoms with Crippen LogP contribution in [0.2, 0.25) is 0 Å². The Hall–Kier alpha value is -2.79. The number of nitrogens with zero attached hydrogens (tertiary/aromatic N) is 2. The zero-order valence-corrected chi connectivity index (χ0v) is 20.9. The van der Waals surface area contributed by atoms with Crippen molar-refractivity contribution in [2.75, 3.05) is 57.1 Å². The van der Waals surface area contributed by atoms with Gasteiger partial charge in [0.1, 0.15) is 22.9 Å². The molecule has 0 aliphatic carbocycles. The Labute approximate surface area is 207 Å². The van der Waals surface area contributed by atoms with E-state index in [-0.39, 0.29) is 28.6 Å². The van der Waals surface area contributed by atoms with Crippen LogP contribution in [-0.2, 0) is 4.74 Å². The van der Waals surface area contributed by atoms with E-state index in [1.165, 1.54) is 11.9 Å². The molecule has 1 aromatic heterocycles. The molecule has 0 bridgehead atoms. The summed E-state index contributed by atoms with van der Waals surface area (Å²) in [5, 5.41) is 17.2. The fraction of sp³-hybridized carbons (Fsp3) is 0.440. The van der Waals surface area contributed by atoms with Crippen molar-refractivity contribution in [2.24, 2.45) is 5.41 Å². The summed E-state index contributed by atoms with van der Waals surface area (Å²) in [6.45, 7) is 8.63. The van der Waals surface area contributed by atoms with Crippen molar-refractivity contribution in [1.29, 1.82) is 0 Å². The standard InChI is InChI=1S/C25H30N4O5S/c1-15-7-8-17(34-15)24(25(2)13-33-14-25)27-20-19(22(31)23(20)32)26-16-5-4-6-18(21(16)30)35-29-11-9-28(3)10-12-29/h4-8,24,26-27,30H,9-14H2,1-3H3. The highest BCUT2D eigenvalue weighted by molar-refractivity contribution is 7.97. The monoisotopic (exact) mass is 498 g/mol. The molecule has 2 aliphatic heterocycles. The Morgan fingerprint density at radius 2 is 1.77 bits per heavy atom. The third kappa shape index (κ3) is 4.58. The number of hydrogen-bond acceptors (Lipinski definition) is 10. The van der Waals surface area contributed by atoms with Crippen LogP contribution in [0.25, 0.3) is 0 Å². The summed E-state index contributed by atoms with van der Waals surface area (Å²) in [5.41, 5.74) is -0.783. The Balaban J connectivity index is 1.38. The van der Waals surface area contributed by atoms with E-state index in [1.807, 2.05) is 31.2 Å². The van der Waals surface area contributed by atoms with Gasteiger partial charge in [0.05, 0.1) is 29.8 Å². The van der Waals surface area contributed by atoms with Gasteiger partial charge in [-0.3, -0.25) is 9.59 Å². The molecule has 35 heavy (non-hydrogen) atoms. The van der Waals surface area contributed by atoms with Gasteiger partial charge in [-0.05, 0) is 50.2 Å². The van der Waals surface area contributed by atoms with E-state index in [0.29, 0.717) is 29.6 Å². The van der Waals surface area contributed by atoms with E-state index in [0.717, 1.165) is 31.9 Å². The van der Waals surface area contributed by atoms with Crippen molar-refractivity contribution in [3.63, 3.8) is 0 Å². The first-order valence-electron chi connectivity index (χ1n) is 11.7. The van der Waals surface area contributed by atoms with Gasteiger partial charge in [-0.15, -0.1) is 0 Å². The number of likely N-dealkylation sites (N-methyl/N-ethyl adjacent to an activating group) is 1. The molecule has 1 unspecified atom stereocenters. The number of nitrogens with one attached hydrogen (secondary N) is 2. The van der Waals surface area contributed by atoms with Gasteiger partial charge in [0.15, 0.2) is 5.75 Å². The average Bonchev–Trinajstić information content (AvgIpc) is 3.26. The molecule has 0 saturated carbocycles. The minimum atomic E-state index is -0.617. The van der Waals surface area contributed by atoms with Gasteiger partial charge in [0.25, 0.3) is 10.9 Å². The van der Waals surface area contributed by atoms with Crippen LogP contribution in [0.4, 0.5) is 17.1 Å². The summed E-state index contributed by atoms with van der Waals surface area (Å²) in [7, 11) is 2.09. The van der Waals surface area contributed by atoms with Crippen LogP contribution >= 0.6 is 11.9 Å². The lowest BCUT2D eigenvalue weighted by molar-refractivity contribution is -0.115. The van der Waals surface area contributed by atoms with Gasteiger partial charge < -0.3 is 29.8 Å². The van der Waals surface area contributed by atoms with Crippen LogP contribution < -0.4 is 21.5 Å². The van der Waals surface area contributed by atoms with Crippen molar-refractivity contribution in [3.05, 3.63) is 62.3 Å². The van der Waals surface area contributed by atoms with Crippen molar-refractivity contribution in [2.45, 2.75) is 24.8 Å². The second kappa shape index (κ2) is 9.34. The van der Waals surface area contributed by atoms with E-state index >= 15 is 0 Å². The molecule has 5 rings (SSSR count). The number of ether oxygens (including phenoxy) is 1. The number of phenols is 1. The van der Waals surface area contributed by atoms with Crippen LogP contribution in [-0.4, -0.2) is 60.8 Å². The predicted octanol–water partition coefficient (Wildman–Crippen LogP) is 3.08. The van der Waals surface area contributed by atoms with Gasteiger partial charge in [-0.2, -0.15) is 0 Å². The number of para-hydroxylation sites is 1. The summed E-state index contributed by atoms with van der Waals surface area (Å²) in [6, 6.07) is 8.76. The topological polar surface area (TPSA) is 107 Å². The van der Waals surface area contributed by atoms with Crippen molar-refractivity contribution < 1.29 is 14.3 Å². The Morgan fingerprint density at radius 3 is 2.40 bits per heavy atom. The molecule has 2 fully saturated rings. The smallest absolute Gasteiger partial charge is 0.253 e. The van der Waals surface area contributed by atoms with Gasteiger partial charge >= 0.3 is 0 Å². The number of rotatable bonds is 8. The highest BCUT2D eigenvalue weighted by Crippen LogP contribution is 2.44. The van der Waals surface area contributed by atoms with Crippen LogP contribution in [0.15, 0.2) is 49.2 Å². The molecule has 186 valence electrons. The minimum Gasteiger partial charge on any atom is -0.505 e. The fourth-order valence-corrected chi connectivity index (χ4v) is 5.39. The average molecular weight is 499 g/mol. The number of furan rings is 1. The molecular weight excluding hydrogens is 468 g/mol. The van der Waals surface area contributed by atoms with Crippen LogP contribution in [0, 0.1) is 12.3 Å². The molecule has 2 saturated heterocycles. The number of anilines is 3. The first-order chi connectivity index (χ1) is 16.7. The maximum absolute atomic E-state index is 12.6. The molecule has 3 N–H and O–H groups in total. The first-order valence-corrected chi connectivity index (χ1v) is 12.5. The number of piperazine rings is 1. The van der Waals surface area contributed by atoms with Crippen molar-refractivity contribution >= 4 is 29.0 Å². The lowest BCUT2D eigenvalue weighted by atomic mass is 9.79. The first kappa shape index (κ1) is 23.9. The maximum Gasteiger partial charge on any atom is 0.253 e. The number of hydrogen-bond donors (Lipinski definition) is 3. The summed E-state index contributed by atoms with van der Waals surface area (Å²) in [5.74, 6) is 1.49. The van der Waals surface area contributed by atoms with Gasteiger partial charge in [0, 0.05) is 31.6 Å². The van der Waals surface area contributed by atoms with E-state index in [4.69, 9.17) is 9.15 Å². The molecule has 9 nitrogen and oxygen atoms in total. The van der Waals surface area contributed by atoms with E-state index in [2.05, 4.69) is 33.8 Å². The number of aromatic hydroxyl groups is 1. The van der Waals surface area contributed by atoms with E-state index < -0.39 is 10.9 Å². The highest BCUT2D eigenvalue weighted by Gasteiger charge is 2.45. The molecule has 3 heterocycles. The normalized spacial score (nSPS) is 19.4. The molecule has 0 amide bonds. The molecule has 10 heteroatoms. The summed E-state index contributed by atoms with van der Waals surface area (Å²) >= 11 is 1.49. The Bertz CT molecular complexity index is 1290. The molecular formula is C25H30N4O5S. The van der Waals surface area contributed by atoms with Crippen molar-refractivity contribution in [3.8, 4) is 5.75 Å². The van der Waals surface area contributed by atoms with Gasteiger partial charge in [-0.25, -0.2) is 4.31 Å². The number of phenolic OH excluding ortho intramolecular Hbond substituents is 1. The minimum absolute atomic E-state index is 0.0491. The van der Waals surface area contributed by atoms with E-state index in [9.17, 15) is 14.7 Å². The number of benzene rings is 1. The second-order valence-corrected chi connectivity index (χ2v) is 10.8.